The summed E-state index contributed by atoms with van der Waals surface area (Å²) in [6.07, 6.45) is -4.13. The van der Waals surface area contributed by atoms with Gasteiger partial charge in [0.1, 0.15) is 0 Å². The number of anilines is 2. The highest BCUT2D eigenvalue weighted by Gasteiger charge is 2.38. The Labute approximate surface area is 221 Å². The van der Waals surface area contributed by atoms with Gasteiger partial charge in [0.2, 0.25) is 0 Å². The lowest BCUT2D eigenvalue weighted by molar-refractivity contribution is -0.192. The predicted molar refractivity (Wildman–Crippen MR) is 136 cm³/mol. The summed E-state index contributed by atoms with van der Waals surface area (Å²) in [4.78, 5) is 35.2. The van der Waals surface area contributed by atoms with Crippen molar-refractivity contribution in [2.24, 2.45) is 0 Å². The first-order chi connectivity index (χ1) is 17.7. The number of halogens is 4. The third kappa shape index (κ3) is 8.23. The summed E-state index contributed by atoms with van der Waals surface area (Å²) < 4.78 is 33.7. The van der Waals surface area contributed by atoms with Crippen LogP contribution in [0.3, 0.4) is 0 Å². The van der Waals surface area contributed by atoms with Crippen LogP contribution in [-0.2, 0) is 17.9 Å². The van der Waals surface area contributed by atoms with Crippen molar-refractivity contribution in [1.29, 1.82) is 0 Å². The molecule has 0 fully saturated rings. The minimum absolute atomic E-state index is 0.0951. The normalized spacial score (nSPS) is 10.8. The number of rotatable bonds is 8. The lowest BCUT2D eigenvalue weighted by Gasteiger charge is -2.22. The second kappa shape index (κ2) is 13.0. The average molecular weight is 555 g/mol. The summed E-state index contributed by atoms with van der Waals surface area (Å²) in [5, 5.41) is 24.4. The molecule has 9 nitrogen and oxygen atoms in total. The van der Waals surface area contributed by atoms with Crippen LogP contribution in [0.25, 0.3) is 0 Å². The summed E-state index contributed by atoms with van der Waals surface area (Å²) in [7, 11) is 1.84. The number of carbonyl (C=O) groups excluding carboxylic acids is 1. The van der Waals surface area contributed by atoms with Crippen LogP contribution in [0.5, 0.6) is 0 Å². The zero-order valence-corrected chi connectivity index (χ0v) is 21.5. The smallest absolute Gasteiger partial charge is 0.478 e. The Balaban J connectivity index is 0.000000638. The Morgan fingerprint density at radius 3 is 2.26 bits per heavy atom. The molecule has 0 aliphatic heterocycles. The molecule has 1 heterocycles. The lowest BCUT2D eigenvalue weighted by atomic mass is 10.1. The number of hydrogen-bond donors (Lipinski definition) is 3. The first-order valence-electron chi connectivity index (χ1n) is 11.2. The van der Waals surface area contributed by atoms with Gasteiger partial charge in [0.05, 0.1) is 39.8 Å². The van der Waals surface area contributed by atoms with Gasteiger partial charge in [0, 0.05) is 19.3 Å². The third-order valence-corrected chi connectivity index (χ3v) is 5.41. The van der Waals surface area contributed by atoms with Crippen molar-refractivity contribution in [2.45, 2.75) is 39.5 Å². The van der Waals surface area contributed by atoms with E-state index in [1.54, 1.807) is 36.4 Å². The van der Waals surface area contributed by atoms with Gasteiger partial charge in [-0.1, -0.05) is 30.7 Å². The first-order valence-corrected chi connectivity index (χ1v) is 11.6. The number of carboxylic acid groups (broad SMARTS) is 2. The number of nitrogens with zero attached hydrogens (tertiary/aromatic N) is 3. The SMILES string of the molecule is CCCn1nc(C)cc1CN(C)c1ccc(NC(=O)c2ccccc2Cl)cc1C(=O)O.O=C(O)C(F)(F)F. The highest BCUT2D eigenvalue weighted by molar-refractivity contribution is 6.34. The largest absolute Gasteiger partial charge is 0.490 e. The van der Waals surface area contributed by atoms with Gasteiger partial charge in [0.15, 0.2) is 0 Å². The Morgan fingerprint density at radius 1 is 1.08 bits per heavy atom. The second-order valence-electron chi connectivity index (χ2n) is 8.13. The van der Waals surface area contributed by atoms with Crippen LogP contribution < -0.4 is 10.2 Å². The molecule has 0 bridgehead atoms. The van der Waals surface area contributed by atoms with Crippen molar-refractivity contribution in [2.75, 3.05) is 17.3 Å². The predicted octanol–water partition coefficient (Wildman–Crippen LogP) is 5.48. The Hall–Kier alpha value is -4.06. The quantitative estimate of drug-likeness (QED) is 0.337. The Bertz CT molecular complexity index is 1310. The maximum atomic E-state index is 12.5. The maximum absolute atomic E-state index is 12.5. The van der Waals surface area contributed by atoms with Gasteiger partial charge in [-0.05, 0) is 49.7 Å². The molecular weight excluding hydrogens is 529 g/mol. The van der Waals surface area contributed by atoms with Gasteiger partial charge in [0.25, 0.3) is 5.91 Å². The molecule has 2 aromatic carbocycles. The number of aromatic nitrogens is 2. The number of amides is 1. The second-order valence-corrected chi connectivity index (χ2v) is 8.54. The number of alkyl halides is 3. The molecular formula is C25H26ClF3N4O5. The van der Waals surface area contributed by atoms with Crippen LogP contribution in [0.1, 0.15) is 45.4 Å². The molecule has 0 spiro atoms. The minimum Gasteiger partial charge on any atom is -0.478 e. The van der Waals surface area contributed by atoms with E-state index < -0.39 is 24.0 Å². The Morgan fingerprint density at radius 2 is 1.71 bits per heavy atom. The zero-order valence-electron chi connectivity index (χ0n) is 20.7. The number of carboxylic acids is 2. The Kier molecular flexibility index (Phi) is 10.3. The van der Waals surface area contributed by atoms with Crippen LogP contribution in [0, 0.1) is 6.92 Å². The number of aromatic carboxylic acids is 1. The van der Waals surface area contributed by atoms with Crippen molar-refractivity contribution in [3.63, 3.8) is 0 Å². The fourth-order valence-corrected chi connectivity index (χ4v) is 3.64. The molecule has 38 heavy (non-hydrogen) atoms. The van der Waals surface area contributed by atoms with Crippen molar-refractivity contribution in [3.05, 3.63) is 76.1 Å². The summed E-state index contributed by atoms with van der Waals surface area (Å²) in [5.41, 5.74) is 3.28. The van der Waals surface area contributed by atoms with E-state index in [4.69, 9.17) is 21.5 Å². The monoisotopic (exact) mass is 554 g/mol. The van der Waals surface area contributed by atoms with E-state index >= 15 is 0 Å². The van der Waals surface area contributed by atoms with Gasteiger partial charge in [-0.15, -0.1) is 0 Å². The van der Waals surface area contributed by atoms with E-state index in [1.165, 1.54) is 6.07 Å². The molecule has 3 N–H and O–H groups in total. The fourth-order valence-electron chi connectivity index (χ4n) is 3.42. The van der Waals surface area contributed by atoms with Crippen LogP contribution in [0.15, 0.2) is 48.5 Å². The molecule has 0 aliphatic rings. The minimum atomic E-state index is -5.08. The number of nitrogens with one attached hydrogen (secondary N) is 1. The van der Waals surface area contributed by atoms with Gasteiger partial charge < -0.3 is 20.4 Å². The van der Waals surface area contributed by atoms with Crippen LogP contribution in [-0.4, -0.2) is 51.1 Å². The summed E-state index contributed by atoms with van der Waals surface area (Å²) in [6, 6.07) is 13.5. The van der Waals surface area contributed by atoms with Gasteiger partial charge in [-0.3, -0.25) is 9.48 Å². The molecule has 0 radical (unpaired) electrons. The maximum Gasteiger partial charge on any atom is 0.490 e. The molecule has 204 valence electrons. The van der Waals surface area contributed by atoms with Gasteiger partial charge in [-0.2, -0.15) is 18.3 Å². The van der Waals surface area contributed by atoms with Crippen molar-refractivity contribution in [1.82, 2.24) is 9.78 Å². The standard InChI is InChI=1S/C23H25ClN4O3.C2HF3O2/c1-4-11-28-17(12-15(2)26-28)14-27(3)21-10-9-16(13-19(21)23(30)31)25-22(29)18-7-5-6-8-20(18)24;3-2(4,5)1(6)7/h5-10,12-13H,4,11,14H2,1-3H3,(H,25,29)(H,30,31);(H,6,7). The van der Waals surface area contributed by atoms with E-state index in [1.807, 2.05) is 29.6 Å². The summed E-state index contributed by atoms with van der Waals surface area (Å²) >= 11 is 6.08. The number of hydrogen-bond acceptors (Lipinski definition) is 5. The van der Waals surface area contributed by atoms with Crippen LogP contribution in [0.4, 0.5) is 24.5 Å². The van der Waals surface area contributed by atoms with Crippen molar-refractivity contribution in [3.8, 4) is 0 Å². The molecule has 1 aromatic heterocycles. The fraction of sp³-hybridized carbons (Fsp3) is 0.280. The molecule has 1 amide bonds. The number of benzene rings is 2. The first kappa shape index (κ1) is 30.2. The summed E-state index contributed by atoms with van der Waals surface area (Å²) in [5.74, 6) is -4.23. The molecule has 0 saturated carbocycles. The van der Waals surface area contributed by atoms with E-state index in [0.717, 1.165) is 24.4 Å². The van der Waals surface area contributed by atoms with E-state index in [2.05, 4.69) is 17.3 Å². The van der Waals surface area contributed by atoms with E-state index in [9.17, 15) is 27.9 Å². The van der Waals surface area contributed by atoms with Crippen LogP contribution in [0.2, 0.25) is 5.02 Å². The molecule has 0 saturated heterocycles. The topological polar surface area (TPSA) is 125 Å². The lowest BCUT2D eigenvalue weighted by Crippen LogP contribution is -2.22. The zero-order chi connectivity index (χ0) is 28.6. The van der Waals surface area contributed by atoms with Gasteiger partial charge in [-0.25, -0.2) is 9.59 Å². The van der Waals surface area contributed by atoms with Gasteiger partial charge >= 0.3 is 18.1 Å². The van der Waals surface area contributed by atoms with E-state index in [-0.39, 0.29) is 5.56 Å². The molecule has 0 atom stereocenters. The third-order valence-electron chi connectivity index (χ3n) is 5.08. The van der Waals surface area contributed by atoms with Crippen molar-refractivity contribution < 1.29 is 37.8 Å². The molecule has 3 rings (SSSR count). The van der Waals surface area contributed by atoms with Crippen LogP contribution >= 0.6 is 11.6 Å². The molecule has 13 heteroatoms. The number of carbonyl (C=O) groups is 3. The average Bonchev–Trinajstić information content (AvgIpc) is 3.17. The summed E-state index contributed by atoms with van der Waals surface area (Å²) in [6.45, 7) is 5.33. The molecule has 0 aliphatic carbocycles. The number of aryl methyl sites for hydroxylation is 2. The van der Waals surface area contributed by atoms with Crippen molar-refractivity contribution >= 4 is 40.8 Å². The highest BCUT2D eigenvalue weighted by atomic mass is 35.5. The number of aliphatic carboxylic acids is 1. The molecule has 3 aromatic rings. The molecule has 0 unspecified atom stereocenters. The van der Waals surface area contributed by atoms with E-state index in [0.29, 0.717) is 28.5 Å². The highest BCUT2D eigenvalue weighted by Crippen LogP contribution is 2.26.